The Kier molecular flexibility index (Phi) is 10.7. The first-order valence-corrected chi connectivity index (χ1v) is 12.9. The zero-order chi connectivity index (χ0) is 23.3. The van der Waals surface area contributed by atoms with Crippen LogP contribution in [0.2, 0.25) is 0 Å². The third-order valence-corrected chi connectivity index (χ3v) is 6.54. The highest BCUT2D eigenvalue weighted by molar-refractivity contribution is 5.91. The Bertz CT molecular complexity index is 964. The van der Waals surface area contributed by atoms with Gasteiger partial charge in [0.25, 0.3) is 0 Å². The largest absolute Gasteiger partial charge is 0.493 e. The summed E-state index contributed by atoms with van der Waals surface area (Å²) < 4.78 is 20.4. The summed E-state index contributed by atoms with van der Waals surface area (Å²) in [5, 5.41) is 2.30. The molecule has 1 radical (unpaired) electrons. The molecule has 3 rings (SSSR count). The van der Waals surface area contributed by atoms with Crippen LogP contribution in [0.4, 0.5) is 4.39 Å². The van der Waals surface area contributed by atoms with Crippen molar-refractivity contribution < 1.29 is 9.13 Å². The summed E-state index contributed by atoms with van der Waals surface area (Å²) in [5.74, 6) is 0.628. The lowest BCUT2D eigenvalue weighted by Gasteiger charge is -2.16. The molecule has 1 atom stereocenters. The molecule has 0 saturated heterocycles. The van der Waals surface area contributed by atoms with Gasteiger partial charge in [0.15, 0.2) is 0 Å². The van der Waals surface area contributed by atoms with Gasteiger partial charge in [0.1, 0.15) is 11.6 Å². The van der Waals surface area contributed by atoms with Crippen LogP contribution in [0.25, 0.3) is 10.8 Å². The summed E-state index contributed by atoms with van der Waals surface area (Å²) in [7, 11) is 0. The molecule has 0 amide bonds. The van der Waals surface area contributed by atoms with E-state index in [4.69, 9.17) is 4.74 Å². The number of halogens is 1. The SMILES string of the molecule is [CH2]C(Cc1ccc(OCCCCCCCCCCCC)c2ccccc12)c1ccccc1F. The van der Waals surface area contributed by atoms with Crippen molar-refractivity contribution in [3.8, 4) is 5.75 Å². The molecular formula is C31H40FO. The van der Waals surface area contributed by atoms with Crippen LogP contribution in [-0.4, -0.2) is 6.61 Å². The monoisotopic (exact) mass is 447 g/mol. The molecule has 177 valence electrons. The van der Waals surface area contributed by atoms with Gasteiger partial charge < -0.3 is 4.74 Å². The maximum atomic E-state index is 14.2. The molecule has 0 aliphatic rings. The van der Waals surface area contributed by atoms with E-state index in [1.54, 1.807) is 6.07 Å². The van der Waals surface area contributed by atoms with E-state index in [0.717, 1.165) is 24.2 Å². The van der Waals surface area contributed by atoms with Crippen molar-refractivity contribution in [2.45, 2.75) is 83.5 Å². The van der Waals surface area contributed by atoms with Gasteiger partial charge in [0, 0.05) is 5.39 Å². The molecule has 0 bridgehead atoms. The fourth-order valence-corrected chi connectivity index (χ4v) is 4.59. The van der Waals surface area contributed by atoms with Crippen LogP contribution in [0.15, 0.2) is 60.7 Å². The smallest absolute Gasteiger partial charge is 0.127 e. The van der Waals surface area contributed by atoms with Crippen molar-refractivity contribution in [2.75, 3.05) is 6.61 Å². The third-order valence-electron chi connectivity index (χ3n) is 6.54. The number of unbranched alkanes of at least 4 members (excludes halogenated alkanes) is 9. The van der Waals surface area contributed by atoms with E-state index in [9.17, 15) is 4.39 Å². The Morgan fingerprint density at radius 3 is 2.03 bits per heavy atom. The molecule has 0 spiro atoms. The maximum Gasteiger partial charge on any atom is 0.127 e. The fourth-order valence-electron chi connectivity index (χ4n) is 4.59. The van der Waals surface area contributed by atoms with E-state index in [2.05, 4.69) is 50.2 Å². The van der Waals surface area contributed by atoms with E-state index < -0.39 is 0 Å². The summed E-state index contributed by atoms with van der Waals surface area (Å²) in [6.45, 7) is 7.26. The molecule has 1 nitrogen and oxygen atoms in total. The summed E-state index contributed by atoms with van der Waals surface area (Å²) in [5.41, 5.74) is 1.85. The van der Waals surface area contributed by atoms with E-state index in [1.165, 1.54) is 74.8 Å². The minimum Gasteiger partial charge on any atom is -0.493 e. The molecule has 1 unspecified atom stereocenters. The predicted octanol–water partition coefficient (Wildman–Crippen LogP) is 9.44. The van der Waals surface area contributed by atoms with Gasteiger partial charge in [-0.3, -0.25) is 0 Å². The number of hydrogen-bond donors (Lipinski definition) is 0. The summed E-state index contributed by atoms with van der Waals surface area (Å²) in [4.78, 5) is 0. The molecule has 0 saturated carbocycles. The standard InChI is InChI=1S/C31H40FO/c1-3-4-5-6-7-8-9-10-11-16-23-33-31-22-21-26(28-18-12-13-19-29(28)31)24-25(2)27-17-14-15-20-30(27)32/h12-15,17-22,25H,2-11,16,23-24H2,1H3. The molecule has 3 aromatic carbocycles. The van der Waals surface area contributed by atoms with Gasteiger partial charge in [-0.25, -0.2) is 4.39 Å². The van der Waals surface area contributed by atoms with E-state index in [0.29, 0.717) is 12.0 Å². The highest BCUT2D eigenvalue weighted by atomic mass is 19.1. The minimum atomic E-state index is -0.182. The van der Waals surface area contributed by atoms with Gasteiger partial charge in [0.05, 0.1) is 6.61 Å². The first-order chi connectivity index (χ1) is 16.2. The van der Waals surface area contributed by atoms with Crippen molar-refractivity contribution in [2.24, 2.45) is 0 Å². The van der Waals surface area contributed by atoms with Crippen LogP contribution in [0.1, 0.15) is 88.2 Å². The number of benzene rings is 3. The molecule has 0 N–H and O–H groups in total. The van der Waals surface area contributed by atoms with E-state index in [1.807, 2.05) is 12.1 Å². The maximum absolute atomic E-state index is 14.2. The van der Waals surface area contributed by atoms with Crippen LogP contribution in [-0.2, 0) is 6.42 Å². The van der Waals surface area contributed by atoms with Gasteiger partial charge in [-0.05, 0) is 54.3 Å². The Morgan fingerprint density at radius 2 is 1.33 bits per heavy atom. The van der Waals surface area contributed by atoms with Crippen molar-refractivity contribution in [1.82, 2.24) is 0 Å². The van der Waals surface area contributed by atoms with Crippen molar-refractivity contribution >= 4 is 10.8 Å². The van der Waals surface area contributed by atoms with Gasteiger partial charge >= 0.3 is 0 Å². The number of hydrogen-bond acceptors (Lipinski definition) is 1. The Balaban J connectivity index is 1.49. The van der Waals surface area contributed by atoms with Gasteiger partial charge in [-0.15, -0.1) is 0 Å². The Labute approximate surface area is 200 Å². The van der Waals surface area contributed by atoms with Crippen molar-refractivity contribution in [1.29, 1.82) is 0 Å². The molecule has 0 aliphatic heterocycles. The van der Waals surface area contributed by atoms with Crippen LogP contribution >= 0.6 is 0 Å². The average molecular weight is 448 g/mol. The lowest BCUT2D eigenvalue weighted by Crippen LogP contribution is -2.03. The summed E-state index contributed by atoms with van der Waals surface area (Å²) >= 11 is 0. The molecule has 0 heterocycles. The second-order valence-corrected chi connectivity index (χ2v) is 9.22. The van der Waals surface area contributed by atoms with E-state index >= 15 is 0 Å². The molecule has 0 fully saturated rings. The summed E-state index contributed by atoms with van der Waals surface area (Å²) in [6, 6.07) is 19.5. The van der Waals surface area contributed by atoms with Crippen molar-refractivity contribution in [3.05, 3.63) is 84.5 Å². The van der Waals surface area contributed by atoms with Crippen LogP contribution in [0.5, 0.6) is 5.75 Å². The second kappa shape index (κ2) is 14.0. The van der Waals surface area contributed by atoms with E-state index in [-0.39, 0.29) is 11.7 Å². The second-order valence-electron chi connectivity index (χ2n) is 9.22. The topological polar surface area (TPSA) is 9.23 Å². The lowest BCUT2D eigenvalue weighted by atomic mass is 9.90. The zero-order valence-corrected chi connectivity index (χ0v) is 20.3. The first kappa shape index (κ1) is 25.3. The zero-order valence-electron chi connectivity index (χ0n) is 20.3. The number of fused-ring (bicyclic) bond motifs is 1. The molecule has 33 heavy (non-hydrogen) atoms. The predicted molar refractivity (Wildman–Crippen MR) is 139 cm³/mol. The van der Waals surface area contributed by atoms with Crippen molar-refractivity contribution in [3.63, 3.8) is 0 Å². The third kappa shape index (κ3) is 7.88. The Hall–Kier alpha value is -2.35. The van der Waals surface area contributed by atoms with Gasteiger partial charge in [-0.1, -0.05) is 113 Å². The van der Waals surface area contributed by atoms with Gasteiger partial charge in [-0.2, -0.15) is 0 Å². The minimum absolute atomic E-state index is 0.131. The highest BCUT2D eigenvalue weighted by Crippen LogP contribution is 2.32. The number of rotatable bonds is 15. The highest BCUT2D eigenvalue weighted by Gasteiger charge is 2.14. The number of ether oxygens (including phenoxy) is 1. The van der Waals surface area contributed by atoms with Crippen LogP contribution < -0.4 is 4.74 Å². The fraction of sp³-hybridized carbons (Fsp3) is 0.452. The normalized spacial score (nSPS) is 12.2. The quantitative estimate of drug-likeness (QED) is 0.211. The van der Waals surface area contributed by atoms with Gasteiger partial charge in [0.2, 0.25) is 0 Å². The first-order valence-electron chi connectivity index (χ1n) is 12.9. The summed E-state index contributed by atoms with van der Waals surface area (Å²) in [6.07, 6.45) is 13.9. The molecule has 2 heteroatoms. The molecule has 0 aromatic heterocycles. The lowest BCUT2D eigenvalue weighted by molar-refractivity contribution is 0.307. The molecule has 3 aromatic rings. The Morgan fingerprint density at radius 1 is 0.727 bits per heavy atom. The molecular weight excluding hydrogens is 407 g/mol. The average Bonchev–Trinajstić information content (AvgIpc) is 2.84. The molecule has 0 aliphatic carbocycles. The van der Waals surface area contributed by atoms with Crippen LogP contribution in [0.3, 0.4) is 0 Å². The van der Waals surface area contributed by atoms with Crippen LogP contribution in [0, 0.1) is 12.7 Å².